The summed E-state index contributed by atoms with van der Waals surface area (Å²) in [6.07, 6.45) is -0.180. The van der Waals surface area contributed by atoms with Gasteiger partial charge < -0.3 is 14.7 Å². The molecule has 1 unspecified atom stereocenters. The zero-order valence-electron chi connectivity index (χ0n) is 11.1. The van der Waals surface area contributed by atoms with Gasteiger partial charge in [-0.05, 0) is 24.6 Å². The second kappa shape index (κ2) is 6.00. The molecule has 6 heteroatoms. The third-order valence-corrected chi connectivity index (χ3v) is 3.32. The number of carboxylic acid groups (broad SMARTS) is 1. The molecule has 0 spiro atoms. The molecule has 1 atom stereocenters. The monoisotopic (exact) mass is 281 g/mol. The molecule has 20 heavy (non-hydrogen) atoms. The van der Waals surface area contributed by atoms with Gasteiger partial charge in [0.15, 0.2) is 0 Å². The van der Waals surface area contributed by atoms with Crippen LogP contribution in [0.2, 0.25) is 0 Å². The Morgan fingerprint density at radius 3 is 2.90 bits per heavy atom. The lowest BCUT2D eigenvalue weighted by molar-refractivity contribution is -0.139. The van der Waals surface area contributed by atoms with Gasteiger partial charge in [0.05, 0.1) is 25.7 Å². The number of nitrogens with zero attached hydrogens (tertiary/aromatic N) is 1. The van der Waals surface area contributed by atoms with E-state index in [2.05, 4.69) is 0 Å². The number of hydrogen-bond donors (Lipinski definition) is 1. The first-order valence-corrected chi connectivity index (χ1v) is 6.35. The number of aliphatic carboxylic acids is 1. The fourth-order valence-electron chi connectivity index (χ4n) is 2.18. The zero-order chi connectivity index (χ0) is 14.7. The Balaban J connectivity index is 2.20. The number of aryl methyl sites for hydroxylation is 1. The standard InChI is InChI=1S/C14H16FNO4/c1-9-2-3-10(6-12(9)15)14(19)16-4-5-20-8-11(16)7-13(17)18/h2-3,6,11H,4-5,7-8H2,1H3,(H,17,18). The van der Waals surface area contributed by atoms with Gasteiger partial charge >= 0.3 is 5.97 Å². The molecule has 0 aromatic heterocycles. The maximum absolute atomic E-state index is 13.5. The summed E-state index contributed by atoms with van der Waals surface area (Å²) in [5, 5.41) is 8.86. The predicted octanol–water partition coefficient (Wildman–Crippen LogP) is 1.45. The summed E-state index contributed by atoms with van der Waals surface area (Å²) in [6.45, 7) is 2.47. The van der Waals surface area contributed by atoms with Crippen molar-refractivity contribution in [3.63, 3.8) is 0 Å². The Labute approximate surface area is 116 Å². The number of hydrogen-bond acceptors (Lipinski definition) is 3. The number of carbonyl (C=O) groups is 2. The molecular weight excluding hydrogens is 265 g/mol. The van der Waals surface area contributed by atoms with Crippen molar-refractivity contribution >= 4 is 11.9 Å². The highest BCUT2D eigenvalue weighted by atomic mass is 19.1. The van der Waals surface area contributed by atoms with Crippen molar-refractivity contribution in [2.75, 3.05) is 19.8 Å². The van der Waals surface area contributed by atoms with Gasteiger partial charge in [-0.3, -0.25) is 9.59 Å². The van der Waals surface area contributed by atoms with Crippen molar-refractivity contribution in [1.29, 1.82) is 0 Å². The highest BCUT2D eigenvalue weighted by molar-refractivity contribution is 5.94. The number of carbonyl (C=O) groups excluding carboxylic acids is 1. The summed E-state index contributed by atoms with van der Waals surface area (Å²) in [4.78, 5) is 24.6. The van der Waals surface area contributed by atoms with E-state index in [-0.39, 0.29) is 24.5 Å². The van der Waals surface area contributed by atoms with Crippen LogP contribution in [0.5, 0.6) is 0 Å². The maximum atomic E-state index is 13.5. The second-order valence-corrected chi connectivity index (χ2v) is 4.79. The minimum absolute atomic E-state index is 0.180. The molecule has 108 valence electrons. The van der Waals surface area contributed by atoms with Crippen molar-refractivity contribution in [3.05, 3.63) is 35.1 Å². The molecule has 0 radical (unpaired) electrons. The summed E-state index contributed by atoms with van der Waals surface area (Å²) < 4.78 is 18.7. The van der Waals surface area contributed by atoms with Crippen LogP contribution in [0.15, 0.2) is 18.2 Å². The van der Waals surface area contributed by atoms with E-state index in [0.29, 0.717) is 18.7 Å². The number of halogens is 1. The van der Waals surface area contributed by atoms with Gasteiger partial charge in [-0.15, -0.1) is 0 Å². The number of amides is 1. The summed E-state index contributed by atoms with van der Waals surface area (Å²) in [5.74, 6) is -1.80. The van der Waals surface area contributed by atoms with Crippen LogP contribution in [0.4, 0.5) is 4.39 Å². The predicted molar refractivity (Wildman–Crippen MR) is 69.0 cm³/mol. The molecule has 1 heterocycles. The molecule has 0 bridgehead atoms. The molecule has 1 aromatic rings. The van der Waals surface area contributed by atoms with E-state index in [1.54, 1.807) is 13.0 Å². The van der Waals surface area contributed by atoms with Gasteiger partial charge in [0, 0.05) is 12.1 Å². The van der Waals surface area contributed by atoms with Gasteiger partial charge in [-0.25, -0.2) is 4.39 Å². The van der Waals surface area contributed by atoms with Crippen LogP contribution in [0.3, 0.4) is 0 Å². The molecule has 1 fully saturated rings. The number of benzene rings is 1. The average molecular weight is 281 g/mol. The summed E-state index contributed by atoms with van der Waals surface area (Å²) in [5.41, 5.74) is 0.691. The molecular formula is C14H16FNO4. The summed E-state index contributed by atoms with van der Waals surface area (Å²) in [6, 6.07) is 3.76. The van der Waals surface area contributed by atoms with E-state index in [1.165, 1.54) is 17.0 Å². The van der Waals surface area contributed by atoms with Crippen molar-refractivity contribution < 1.29 is 23.8 Å². The lowest BCUT2D eigenvalue weighted by Gasteiger charge is -2.34. The van der Waals surface area contributed by atoms with Crippen molar-refractivity contribution in [2.45, 2.75) is 19.4 Å². The highest BCUT2D eigenvalue weighted by Gasteiger charge is 2.29. The summed E-state index contributed by atoms with van der Waals surface area (Å²) in [7, 11) is 0. The quantitative estimate of drug-likeness (QED) is 0.910. The van der Waals surface area contributed by atoms with Crippen LogP contribution in [-0.2, 0) is 9.53 Å². The van der Waals surface area contributed by atoms with E-state index in [0.717, 1.165) is 0 Å². The molecule has 5 nitrogen and oxygen atoms in total. The minimum Gasteiger partial charge on any atom is -0.481 e. The molecule has 0 saturated carbocycles. The number of morpholine rings is 1. The number of ether oxygens (including phenoxy) is 1. The van der Waals surface area contributed by atoms with E-state index in [9.17, 15) is 14.0 Å². The van der Waals surface area contributed by atoms with Gasteiger partial charge in [0.2, 0.25) is 0 Å². The molecule has 1 saturated heterocycles. The van der Waals surface area contributed by atoms with E-state index in [1.807, 2.05) is 0 Å². The molecule has 1 N–H and O–H groups in total. The normalized spacial score (nSPS) is 18.9. The lowest BCUT2D eigenvalue weighted by atomic mass is 10.1. The van der Waals surface area contributed by atoms with Crippen molar-refractivity contribution in [2.24, 2.45) is 0 Å². The molecule has 1 aromatic carbocycles. The second-order valence-electron chi connectivity index (χ2n) is 4.79. The first-order chi connectivity index (χ1) is 9.49. The van der Waals surface area contributed by atoms with Gasteiger partial charge in [-0.2, -0.15) is 0 Å². The average Bonchev–Trinajstić information content (AvgIpc) is 2.41. The third kappa shape index (κ3) is 3.14. The Kier molecular flexibility index (Phi) is 4.34. The fourth-order valence-corrected chi connectivity index (χ4v) is 2.18. The Morgan fingerprint density at radius 1 is 1.50 bits per heavy atom. The van der Waals surface area contributed by atoms with Crippen LogP contribution in [0, 0.1) is 12.7 Å². The molecule has 1 aliphatic rings. The molecule has 0 aliphatic carbocycles. The Bertz CT molecular complexity index is 532. The van der Waals surface area contributed by atoms with Crippen LogP contribution in [0.1, 0.15) is 22.3 Å². The number of rotatable bonds is 3. The SMILES string of the molecule is Cc1ccc(C(=O)N2CCOCC2CC(=O)O)cc1F. The molecule has 2 rings (SSSR count). The summed E-state index contributed by atoms with van der Waals surface area (Å²) >= 11 is 0. The zero-order valence-corrected chi connectivity index (χ0v) is 11.1. The molecule has 1 amide bonds. The third-order valence-electron chi connectivity index (χ3n) is 3.32. The van der Waals surface area contributed by atoms with Gasteiger partial charge in [0.25, 0.3) is 5.91 Å². The van der Waals surface area contributed by atoms with Crippen LogP contribution in [-0.4, -0.2) is 47.7 Å². The van der Waals surface area contributed by atoms with Gasteiger partial charge in [0.1, 0.15) is 5.82 Å². The van der Waals surface area contributed by atoms with E-state index >= 15 is 0 Å². The largest absolute Gasteiger partial charge is 0.481 e. The smallest absolute Gasteiger partial charge is 0.305 e. The number of carboxylic acids is 1. The van der Waals surface area contributed by atoms with Crippen molar-refractivity contribution in [1.82, 2.24) is 4.90 Å². The minimum atomic E-state index is -0.992. The van der Waals surface area contributed by atoms with E-state index < -0.39 is 17.8 Å². The van der Waals surface area contributed by atoms with E-state index in [4.69, 9.17) is 9.84 Å². The highest BCUT2D eigenvalue weighted by Crippen LogP contribution is 2.17. The Morgan fingerprint density at radius 2 is 2.25 bits per heavy atom. The van der Waals surface area contributed by atoms with Crippen LogP contribution < -0.4 is 0 Å². The topological polar surface area (TPSA) is 66.8 Å². The van der Waals surface area contributed by atoms with Crippen molar-refractivity contribution in [3.8, 4) is 0 Å². The molecule has 1 aliphatic heterocycles. The van der Waals surface area contributed by atoms with Gasteiger partial charge in [-0.1, -0.05) is 6.07 Å². The lowest BCUT2D eigenvalue weighted by Crippen LogP contribution is -2.49. The first kappa shape index (κ1) is 14.5. The first-order valence-electron chi connectivity index (χ1n) is 6.35. The fraction of sp³-hybridized carbons (Fsp3) is 0.429. The van der Waals surface area contributed by atoms with Crippen LogP contribution in [0.25, 0.3) is 0 Å². The maximum Gasteiger partial charge on any atom is 0.305 e. The van der Waals surface area contributed by atoms with Crippen LogP contribution >= 0.6 is 0 Å². The Hall–Kier alpha value is -1.95.